The quantitative estimate of drug-likeness (QED) is 0.810. The SMILES string of the molecule is COC(=O)c1cncc(Oc2ccccc2C(C)(C)C)n1. The molecule has 0 N–H and O–H groups in total. The molecule has 2 rings (SSSR count). The Kier molecular flexibility index (Phi) is 4.21. The first-order chi connectivity index (χ1) is 9.91. The van der Waals surface area contributed by atoms with Crippen molar-refractivity contribution in [3.63, 3.8) is 0 Å². The van der Waals surface area contributed by atoms with Crippen LogP contribution >= 0.6 is 0 Å². The first-order valence-electron chi connectivity index (χ1n) is 6.59. The van der Waals surface area contributed by atoms with E-state index in [4.69, 9.17) is 4.74 Å². The van der Waals surface area contributed by atoms with Crippen molar-refractivity contribution < 1.29 is 14.3 Å². The summed E-state index contributed by atoms with van der Waals surface area (Å²) in [5.74, 6) is 0.410. The van der Waals surface area contributed by atoms with Crippen LogP contribution in [-0.4, -0.2) is 23.0 Å². The van der Waals surface area contributed by atoms with Crippen molar-refractivity contribution >= 4 is 5.97 Å². The summed E-state index contributed by atoms with van der Waals surface area (Å²) in [6.45, 7) is 6.31. The van der Waals surface area contributed by atoms with Crippen molar-refractivity contribution in [2.45, 2.75) is 26.2 Å². The number of nitrogens with zero attached hydrogens (tertiary/aromatic N) is 2. The molecule has 5 nitrogen and oxygen atoms in total. The maximum Gasteiger partial charge on any atom is 0.358 e. The second-order valence-electron chi connectivity index (χ2n) is 5.58. The number of hydrogen-bond donors (Lipinski definition) is 0. The third-order valence-corrected chi connectivity index (χ3v) is 2.92. The molecule has 0 saturated heterocycles. The smallest absolute Gasteiger partial charge is 0.358 e. The van der Waals surface area contributed by atoms with Gasteiger partial charge in [0, 0.05) is 5.56 Å². The monoisotopic (exact) mass is 286 g/mol. The molecule has 0 spiro atoms. The Morgan fingerprint density at radius 1 is 1.14 bits per heavy atom. The lowest BCUT2D eigenvalue weighted by molar-refractivity contribution is 0.0592. The minimum absolute atomic E-state index is 0.0655. The van der Waals surface area contributed by atoms with E-state index in [0.29, 0.717) is 5.75 Å². The molecule has 0 radical (unpaired) electrons. The molecule has 21 heavy (non-hydrogen) atoms. The molecule has 0 aliphatic rings. The Morgan fingerprint density at radius 2 is 1.86 bits per heavy atom. The van der Waals surface area contributed by atoms with E-state index in [9.17, 15) is 4.79 Å². The molecule has 110 valence electrons. The maximum atomic E-state index is 11.5. The van der Waals surface area contributed by atoms with Crippen molar-refractivity contribution in [2.75, 3.05) is 7.11 Å². The number of para-hydroxylation sites is 1. The van der Waals surface area contributed by atoms with Crippen LogP contribution in [0.5, 0.6) is 11.6 Å². The number of hydrogen-bond acceptors (Lipinski definition) is 5. The molecule has 0 bridgehead atoms. The van der Waals surface area contributed by atoms with Gasteiger partial charge in [-0.1, -0.05) is 39.0 Å². The zero-order valence-corrected chi connectivity index (χ0v) is 12.6. The summed E-state index contributed by atoms with van der Waals surface area (Å²) in [4.78, 5) is 19.5. The molecule has 1 heterocycles. The Morgan fingerprint density at radius 3 is 2.52 bits per heavy atom. The number of methoxy groups -OCH3 is 1. The maximum absolute atomic E-state index is 11.5. The molecule has 1 aromatic heterocycles. The molecule has 0 saturated carbocycles. The number of benzene rings is 1. The summed E-state index contributed by atoms with van der Waals surface area (Å²) in [5, 5.41) is 0. The van der Waals surface area contributed by atoms with Gasteiger partial charge in [0.15, 0.2) is 5.69 Å². The van der Waals surface area contributed by atoms with Crippen molar-refractivity contribution in [3.8, 4) is 11.6 Å². The van der Waals surface area contributed by atoms with Crippen LogP contribution in [0.2, 0.25) is 0 Å². The molecular weight excluding hydrogens is 268 g/mol. The number of carbonyl (C=O) groups excluding carboxylic acids is 1. The van der Waals surface area contributed by atoms with Crippen LogP contribution in [-0.2, 0) is 10.2 Å². The highest BCUT2D eigenvalue weighted by atomic mass is 16.5. The van der Waals surface area contributed by atoms with E-state index < -0.39 is 5.97 Å². The lowest BCUT2D eigenvalue weighted by Crippen LogP contribution is -2.12. The Balaban J connectivity index is 2.33. The van der Waals surface area contributed by atoms with Crippen LogP contribution in [0.15, 0.2) is 36.7 Å². The van der Waals surface area contributed by atoms with Gasteiger partial charge in [-0.15, -0.1) is 0 Å². The lowest BCUT2D eigenvalue weighted by Gasteiger charge is -2.22. The van der Waals surface area contributed by atoms with Crippen molar-refractivity contribution in [1.82, 2.24) is 9.97 Å². The van der Waals surface area contributed by atoms with Crippen LogP contribution in [0, 0.1) is 0 Å². The number of ether oxygens (including phenoxy) is 2. The average molecular weight is 286 g/mol. The molecule has 0 atom stereocenters. The van der Waals surface area contributed by atoms with Crippen LogP contribution in [0.1, 0.15) is 36.8 Å². The van der Waals surface area contributed by atoms with Gasteiger partial charge >= 0.3 is 5.97 Å². The Bertz CT molecular complexity index is 648. The highest BCUT2D eigenvalue weighted by Crippen LogP contribution is 2.33. The molecule has 5 heteroatoms. The molecule has 0 aliphatic heterocycles. The summed E-state index contributed by atoms with van der Waals surface area (Å²) in [7, 11) is 1.30. The van der Waals surface area contributed by atoms with Crippen LogP contribution < -0.4 is 4.74 Å². The highest BCUT2D eigenvalue weighted by Gasteiger charge is 2.19. The Labute approximate surface area is 124 Å². The number of rotatable bonds is 3. The molecule has 0 aliphatic carbocycles. The topological polar surface area (TPSA) is 61.3 Å². The molecule has 0 amide bonds. The van der Waals surface area contributed by atoms with Crippen molar-refractivity contribution in [2.24, 2.45) is 0 Å². The van der Waals surface area contributed by atoms with E-state index in [2.05, 4.69) is 35.5 Å². The van der Waals surface area contributed by atoms with Gasteiger partial charge in [0.2, 0.25) is 5.88 Å². The van der Waals surface area contributed by atoms with Gasteiger partial charge in [-0.05, 0) is 11.5 Å². The molecule has 0 fully saturated rings. The third kappa shape index (κ3) is 3.56. The second kappa shape index (κ2) is 5.91. The molecule has 2 aromatic rings. The van der Waals surface area contributed by atoms with E-state index in [1.165, 1.54) is 19.5 Å². The van der Waals surface area contributed by atoms with Crippen LogP contribution in [0.25, 0.3) is 0 Å². The summed E-state index contributed by atoms with van der Waals surface area (Å²) in [6.07, 6.45) is 2.81. The van der Waals surface area contributed by atoms with E-state index >= 15 is 0 Å². The van der Waals surface area contributed by atoms with Crippen molar-refractivity contribution in [1.29, 1.82) is 0 Å². The summed E-state index contributed by atoms with van der Waals surface area (Å²) in [6, 6.07) is 7.73. The van der Waals surface area contributed by atoms with Gasteiger partial charge < -0.3 is 9.47 Å². The van der Waals surface area contributed by atoms with Gasteiger partial charge in [0.1, 0.15) is 5.75 Å². The number of carbonyl (C=O) groups is 1. The molecule has 1 aromatic carbocycles. The Hall–Kier alpha value is -2.43. The van der Waals surface area contributed by atoms with Crippen LogP contribution in [0.4, 0.5) is 0 Å². The lowest BCUT2D eigenvalue weighted by atomic mass is 9.86. The highest BCUT2D eigenvalue weighted by molar-refractivity contribution is 5.86. The zero-order chi connectivity index (χ0) is 15.5. The molecular formula is C16H18N2O3. The minimum atomic E-state index is -0.544. The molecule has 0 unspecified atom stereocenters. The predicted molar refractivity (Wildman–Crippen MR) is 78.6 cm³/mol. The predicted octanol–water partition coefficient (Wildman–Crippen LogP) is 3.35. The van der Waals surface area contributed by atoms with Gasteiger partial charge in [-0.25, -0.2) is 9.78 Å². The van der Waals surface area contributed by atoms with E-state index in [0.717, 1.165) is 5.56 Å². The third-order valence-electron chi connectivity index (χ3n) is 2.92. The van der Waals surface area contributed by atoms with Gasteiger partial charge in [-0.2, -0.15) is 0 Å². The first-order valence-corrected chi connectivity index (χ1v) is 6.59. The largest absolute Gasteiger partial charge is 0.464 e. The zero-order valence-electron chi connectivity index (χ0n) is 12.6. The van der Waals surface area contributed by atoms with Gasteiger partial charge in [0.25, 0.3) is 0 Å². The van der Waals surface area contributed by atoms with E-state index in [-0.39, 0.29) is 17.0 Å². The fourth-order valence-electron chi connectivity index (χ4n) is 1.89. The van der Waals surface area contributed by atoms with Gasteiger partial charge in [0.05, 0.1) is 19.5 Å². The standard InChI is InChI=1S/C16H18N2O3/c1-16(2,3)11-7-5-6-8-13(11)21-14-10-17-9-12(18-14)15(19)20-4/h5-10H,1-4H3. The fraction of sp³-hybridized carbons (Fsp3) is 0.312. The summed E-state index contributed by atoms with van der Waals surface area (Å²) in [5.41, 5.74) is 1.10. The van der Waals surface area contributed by atoms with E-state index in [1.54, 1.807) is 0 Å². The first kappa shape index (κ1) is 15.0. The number of esters is 1. The summed E-state index contributed by atoms with van der Waals surface area (Å²) >= 11 is 0. The van der Waals surface area contributed by atoms with Gasteiger partial charge in [-0.3, -0.25) is 4.98 Å². The fourth-order valence-corrected chi connectivity index (χ4v) is 1.89. The van der Waals surface area contributed by atoms with Crippen LogP contribution in [0.3, 0.4) is 0 Å². The van der Waals surface area contributed by atoms with E-state index in [1.807, 2.05) is 24.3 Å². The van der Waals surface area contributed by atoms with Crippen molar-refractivity contribution in [3.05, 3.63) is 47.9 Å². The normalized spacial score (nSPS) is 11.0. The number of aromatic nitrogens is 2. The average Bonchev–Trinajstić information content (AvgIpc) is 2.46. The summed E-state index contributed by atoms with van der Waals surface area (Å²) < 4.78 is 10.4. The second-order valence-corrected chi connectivity index (χ2v) is 5.58. The minimum Gasteiger partial charge on any atom is -0.464 e.